The maximum Gasteiger partial charge on any atom is 0.231 e. The SMILES string of the molecule is Clc1cc(CNCCSc2ccccc2)cc2c1OCO2. The third-order valence-corrected chi connectivity index (χ3v) is 4.40. The Morgan fingerprint density at radius 3 is 2.86 bits per heavy atom. The third kappa shape index (κ3) is 3.84. The molecule has 21 heavy (non-hydrogen) atoms. The number of halogens is 1. The molecule has 0 atom stereocenters. The van der Waals surface area contributed by atoms with Gasteiger partial charge in [0.2, 0.25) is 6.79 Å². The fraction of sp³-hybridized carbons (Fsp3) is 0.250. The number of benzene rings is 2. The molecule has 0 saturated heterocycles. The van der Waals surface area contributed by atoms with Crippen molar-refractivity contribution in [3.05, 3.63) is 53.1 Å². The van der Waals surface area contributed by atoms with E-state index in [0.717, 1.165) is 30.2 Å². The van der Waals surface area contributed by atoms with Gasteiger partial charge in [0.05, 0.1) is 5.02 Å². The molecule has 0 saturated carbocycles. The normalized spacial score (nSPS) is 12.6. The first-order valence-corrected chi connectivity index (χ1v) is 8.16. The average molecular weight is 322 g/mol. The van der Waals surface area contributed by atoms with Crippen LogP contribution in [0.5, 0.6) is 11.5 Å². The van der Waals surface area contributed by atoms with Crippen LogP contribution in [-0.2, 0) is 6.54 Å². The molecule has 0 amide bonds. The Morgan fingerprint density at radius 1 is 1.14 bits per heavy atom. The summed E-state index contributed by atoms with van der Waals surface area (Å²) in [7, 11) is 0. The average Bonchev–Trinajstić information content (AvgIpc) is 2.97. The molecule has 1 heterocycles. The van der Waals surface area contributed by atoms with Crippen LogP contribution in [0.15, 0.2) is 47.4 Å². The molecule has 0 bridgehead atoms. The lowest BCUT2D eigenvalue weighted by Crippen LogP contribution is -2.16. The molecule has 0 radical (unpaired) electrons. The molecule has 3 nitrogen and oxygen atoms in total. The molecule has 2 aromatic rings. The Kier molecular flexibility index (Phi) is 4.91. The minimum atomic E-state index is 0.250. The van der Waals surface area contributed by atoms with Gasteiger partial charge in [-0.25, -0.2) is 0 Å². The molecule has 0 spiro atoms. The summed E-state index contributed by atoms with van der Waals surface area (Å²) in [5.41, 5.74) is 1.11. The highest BCUT2D eigenvalue weighted by atomic mass is 35.5. The topological polar surface area (TPSA) is 30.5 Å². The second-order valence-electron chi connectivity index (χ2n) is 4.65. The molecule has 2 aromatic carbocycles. The summed E-state index contributed by atoms with van der Waals surface area (Å²) in [5, 5.41) is 4.03. The van der Waals surface area contributed by atoms with Gasteiger partial charge in [0.1, 0.15) is 0 Å². The fourth-order valence-electron chi connectivity index (χ4n) is 2.11. The number of ether oxygens (including phenoxy) is 2. The van der Waals surface area contributed by atoms with E-state index in [1.165, 1.54) is 4.90 Å². The summed E-state index contributed by atoms with van der Waals surface area (Å²) in [6, 6.07) is 14.3. The summed E-state index contributed by atoms with van der Waals surface area (Å²) in [6.07, 6.45) is 0. The van der Waals surface area contributed by atoms with Crippen molar-refractivity contribution in [2.75, 3.05) is 19.1 Å². The Labute approximate surface area is 133 Å². The van der Waals surface area contributed by atoms with Crippen LogP contribution in [0.2, 0.25) is 5.02 Å². The molecule has 1 aliphatic rings. The summed E-state index contributed by atoms with van der Waals surface area (Å²) < 4.78 is 10.7. The highest BCUT2D eigenvalue weighted by Gasteiger charge is 2.17. The molecule has 0 aliphatic carbocycles. The molecule has 0 fully saturated rings. The quantitative estimate of drug-likeness (QED) is 0.644. The van der Waals surface area contributed by atoms with E-state index in [1.807, 2.05) is 30.0 Å². The second-order valence-corrected chi connectivity index (χ2v) is 6.23. The minimum absolute atomic E-state index is 0.250. The lowest BCUT2D eigenvalue weighted by atomic mass is 10.2. The number of hydrogen-bond acceptors (Lipinski definition) is 4. The first kappa shape index (κ1) is 14.6. The minimum Gasteiger partial charge on any atom is -0.454 e. The molecule has 110 valence electrons. The van der Waals surface area contributed by atoms with E-state index in [1.54, 1.807) is 0 Å². The third-order valence-electron chi connectivity index (χ3n) is 3.11. The van der Waals surface area contributed by atoms with Gasteiger partial charge in [-0.3, -0.25) is 0 Å². The first-order valence-electron chi connectivity index (χ1n) is 6.79. The van der Waals surface area contributed by atoms with Gasteiger partial charge >= 0.3 is 0 Å². The van der Waals surface area contributed by atoms with Crippen molar-refractivity contribution in [1.29, 1.82) is 0 Å². The van der Waals surface area contributed by atoms with Crippen LogP contribution in [-0.4, -0.2) is 19.1 Å². The Hall–Kier alpha value is -1.36. The van der Waals surface area contributed by atoms with Gasteiger partial charge in [-0.05, 0) is 29.8 Å². The summed E-state index contributed by atoms with van der Waals surface area (Å²) in [6.45, 7) is 1.96. The van der Waals surface area contributed by atoms with Crippen LogP contribution in [0.25, 0.3) is 0 Å². The van der Waals surface area contributed by atoms with Crippen LogP contribution in [0.4, 0.5) is 0 Å². The number of nitrogens with one attached hydrogen (secondary N) is 1. The van der Waals surface area contributed by atoms with E-state index in [9.17, 15) is 0 Å². The van der Waals surface area contributed by atoms with Gasteiger partial charge in [-0.15, -0.1) is 11.8 Å². The zero-order valence-electron chi connectivity index (χ0n) is 11.5. The highest BCUT2D eigenvalue weighted by molar-refractivity contribution is 7.99. The molecule has 3 rings (SSSR count). The van der Waals surface area contributed by atoms with Crippen molar-refractivity contribution in [2.45, 2.75) is 11.4 Å². The van der Waals surface area contributed by atoms with Crippen LogP contribution in [0, 0.1) is 0 Å². The molecular formula is C16H16ClNO2S. The van der Waals surface area contributed by atoms with Gasteiger partial charge in [0, 0.05) is 23.7 Å². The zero-order valence-corrected chi connectivity index (χ0v) is 13.0. The maximum absolute atomic E-state index is 6.16. The maximum atomic E-state index is 6.16. The first-order chi connectivity index (χ1) is 10.3. The van der Waals surface area contributed by atoms with Crippen LogP contribution >= 0.6 is 23.4 Å². The van der Waals surface area contributed by atoms with Gasteiger partial charge in [0.25, 0.3) is 0 Å². The summed E-state index contributed by atoms with van der Waals surface area (Å²) in [4.78, 5) is 1.30. The van der Waals surface area contributed by atoms with Gasteiger partial charge in [-0.1, -0.05) is 29.8 Å². The van der Waals surface area contributed by atoms with Crippen LogP contribution < -0.4 is 14.8 Å². The van der Waals surface area contributed by atoms with E-state index in [0.29, 0.717) is 10.8 Å². The largest absolute Gasteiger partial charge is 0.454 e. The fourth-order valence-corrected chi connectivity index (χ4v) is 3.23. The van der Waals surface area contributed by atoms with E-state index >= 15 is 0 Å². The predicted molar refractivity (Wildman–Crippen MR) is 86.4 cm³/mol. The van der Waals surface area contributed by atoms with Crippen molar-refractivity contribution in [1.82, 2.24) is 5.32 Å². The van der Waals surface area contributed by atoms with E-state index in [2.05, 4.69) is 29.6 Å². The number of fused-ring (bicyclic) bond motifs is 1. The standard InChI is InChI=1S/C16H16ClNO2S/c17-14-8-12(9-15-16(14)20-11-19-15)10-18-6-7-21-13-4-2-1-3-5-13/h1-5,8-9,18H,6-7,10-11H2. The zero-order chi connectivity index (χ0) is 14.5. The Morgan fingerprint density at radius 2 is 2.00 bits per heavy atom. The molecule has 0 unspecified atom stereocenters. The number of rotatable bonds is 6. The van der Waals surface area contributed by atoms with Crippen molar-refractivity contribution >= 4 is 23.4 Å². The second kappa shape index (κ2) is 7.07. The lowest BCUT2D eigenvalue weighted by Gasteiger charge is -2.07. The van der Waals surface area contributed by atoms with Crippen molar-refractivity contribution in [3.63, 3.8) is 0 Å². The summed E-state index contributed by atoms with van der Waals surface area (Å²) in [5.74, 6) is 2.42. The van der Waals surface area contributed by atoms with E-state index in [4.69, 9.17) is 21.1 Å². The van der Waals surface area contributed by atoms with Crippen molar-refractivity contribution < 1.29 is 9.47 Å². The van der Waals surface area contributed by atoms with Crippen molar-refractivity contribution in [3.8, 4) is 11.5 Å². The van der Waals surface area contributed by atoms with Crippen LogP contribution in [0.3, 0.4) is 0 Å². The van der Waals surface area contributed by atoms with Gasteiger partial charge < -0.3 is 14.8 Å². The van der Waals surface area contributed by atoms with Gasteiger partial charge in [-0.2, -0.15) is 0 Å². The smallest absolute Gasteiger partial charge is 0.231 e. The van der Waals surface area contributed by atoms with Gasteiger partial charge in [0.15, 0.2) is 11.5 Å². The molecule has 1 aliphatic heterocycles. The summed E-state index contributed by atoms with van der Waals surface area (Å²) >= 11 is 8.00. The molecule has 0 aromatic heterocycles. The Bertz CT molecular complexity index is 607. The number of thioether (sulfide) groups is 1. The molecule has 5 heteroatoms. The Balaban J connectivity index is 1.45. The number of hydrogen-bond donors (Lipinski definition) is 1. The molecular weight excluding hydrogens is 306 g/mol. The van der Waals surface area contributed by atoms with Crippen LogP contribution in [0.1, 0.15) is 5.56 Å². The monoisotopic (exact) mass is 321 g/mol. The van der Waals surface area contributed by atoms with E-state index in [-0.39, 0.29) is 6.79 Å². The predicted octanol–water partition coefficient (Wildman–Crippen LogP) is 3.95. The van der Waals surface area contributed by atoms with Crippen molar-refractivity contribution in [2.24, 2.45) is 0 Å². The lowest BCUT2D eigenvalue weighted by molar-refractivity contribution is 0.174. The van der Waals surface area contributed by atoms with E-state index < -0.39 is 0 Å². The molecule has 1 N–H and O–H groups in total. The highest BCUT2D eigenvalue weighted by Crippen LogP contribution is 2.39.